The number of nitrogens with zero attached hydrogens (tertiary/aromatic N) is 1. The van der Waals surface area contributed by atoms with Gasteiger partial charge in [0, 0.05) is 17.4 Å². The highest BCUT2D eigenvalue weighted by atomic mass is 32.2. The average molecular weight is 541 g/mol. The molecule has 1 aliphatic heterocycles. The molecule has 0 aliphatic carbocycles. The summed E-state index contributed by atoms with van der Waals surface area (Å²) in [5, 5.41) is 15.5. The number of rotatable bonds is 9. The minimum absolute atomic E-state index is 0.0689. The molecular weight excluding hydrogens is 505 g/mol. The van der Waals surface area contributed by atoms with Gasteiger partial charge in [-0.2, -0.15) is 0 Å². The second kappa shape index (κ2) is 13.8. The predicted molar refractivity (Wildman–Crippen MR) is 148 cm³/mol. The Bertz CT molecular complexity index is 1100. The van der Waals surface area contributed by atoms with Crippen LogP contribution in [-0.2, 0) is 18.9 Å². The summed E-state index contributed by atoms with van der Waals surface area (Å²) in [6.45, 7) is 9.46. The summed E-state index contributed by atoms with van der Waals surface area (Å²) in [6.07, 6.45) is -0.742. The monoisotopic (exact) mass is 541 g/mol. The lowest BCUT2D eigenvalue weighted by molar-refractivity contribution is -0.136. The van der Waals surface area contributed by atoms with Gasteiger partial charge in [-0.15, -0.1) is 11.8 Å². The highest BCUT2D eigenvalue weighted by Gasteiger charge is 2.40. The lowest BCUT2D eigenvalue weighted by Crippen LogP contribution is -2.59. The molecule has 1 aromatic carbocycles. The molecule has 0 bridgehead atoms. The maximum absolute atomic E-state index is 13.3. The molecule has 0 radical (unpaired) electrons. The largest absolute Gasteiger partial charge is 0.551 e. The number of hydrogen-bond acceptors (Lipinski definition) is 8. The molecule has 2 amide bonds. The highest BCUT2D eigenvalue weighted by molar-refractivity contribution is 8.01. The number of thioether (sulfide) groups is 1. The van der Waals surface area contributed by atoms with Crippen molar-refractivity contribution < 1.29 is 28.8 Å². The molecule has 2 aromatic rings. The number of carbonyl (C=O) groups is 3. The summed E-state index contributed by atoms with van der Waals surface area (Å²) >= 11 is 1.46. The van der Waals surface area contributed by atoms with Crippen LogP contribution in [0.4, 0.5) is 0 Å². The second-order valence-electron chi connectivity index (χ2n) is 9.94. The Morgan fingerprint density at radius 2 is 1.82 bits per heavy atom. The van der Waals surface area contributed by atoms with Gasteiger partial charge in [-0.05, 0) is 38.3 Å². The SMILES string of the molecule is CC(C)C[C@H](NC(=O)C(NC(=O)c1cccc(-c2ccccc2)n1)[C@@H](C)O)B1OC[C@H](C)S[C@@H](C)C(=O)O1. The van der Waals surface area contributed by atoms with E-state index in [1.54, 1.807) is 25.1 Å². The first-order chi connectivity index (χ1) is 18.0. The summed E-state index contributed by atoms with van der Waals surface area (Å²) in [6, 6.07) is 13.2. The van der Waals surface area contributed by atoms with Gasteiger partial charge in [0.25, 0.3) is 5.91 Å². The minimum atomic E-state index is -1.27. The summed E-state index contributed by atoms with van der Waals surface area (Å²) in [5.74, 6) is -2.17. The first kappa shape index (κ1) is 29.7. The molecule has 11 heteroatoms. The molecular formula is C27H36BN3O6S. The van der Waals surface area contributed by atoms with Crippen molar-refractivity contribution in [1.82, 2.24) is 15.6 Å². The van der Waals surface area contributed by atoms with Gasteiger partial charge in [0.1, 0.15) is 11.7 Å². The van der Waals surface area contributed by atoms with Crippen molar-refractivity contribution in [3.05, 3.63) is 54.2 Å². The van der Waals surface area contributed by atoms with Gasteiger partial charge in [-0.25, -0.2) is 4.98 Å². The zero-order chi connectivity index (χ0) is 27.8. The van der Waals surface area contributed by atoms with Crippen LogP contribution in [0.2, 0.25) is 0 Å². The van der Waals surface area contributed by atoms with Crippen LogP contribution in [0, 0.1) is 5.92 Å². The Kier molecular flexibility index (Phi) is 10.8. The quantitative estimate of drug-likeness (QED) is 0.414. The Morgan fingerprint density at radius 3 is 2.47 bits per heavy atom. The normalized spacial score (nSPS) is 20.5. The second-order valence-corrected chi connectivity index (χ2v) is 11.7. The third-order valence-electron chi connectivity index (χ3n) is 5.98. The predicted octanol–water partition coefficient (Wildman–Crippen LogP) is 2.87. The summed E-state index contributed by atoms with van der Waals surface area (Å²) in [4.78, 5) is 43.3. The van der Waals surface area contributed by atoms with Crippen molar-refractivity contribution in [2.24, 2.45) is 5.92 Å². The summed E-state index contributed by atoms with van der Waals surface area (Å²) in [5.41, 5.74) is 1.57. The van der Waals surface area contributed by atoms with E-state index in [-0.39, 0.29) is 22.1 Å². The molecule has 3 rings (SSSR count). The fourth-order valence-electron chi connectivity index (χ4n) is 4.09. The van der Waals surface area contributed by atoms with Gasteiger partial charge in [0.15, 0.2) is 0 Å². The van der Waals surface area contributed by atoms with Crippen molar-refractivity contribution in [3.8, 4) is 11.3 Å². The maximum atomic E-state index is 13.3. The molecule has 0 saturated carbocycles. The van der Waals surface area contributed by atoms with Gasteiger partial charge in [0.2, 0.25) is 5.91 Å². The third kappa shape index (κ3) is 8.31. The molecule has 1 aromatic heterocycles. The van der Waals surface area contributed by atoms with Crippen molar-refractivity contribution >= 4 is 36.7 Å². The molecule has 0 spiro atoms. The van der Waals surface area contributed by atoms with Crippen LogP contribution in [0.15, 0.2) is 48.5 Å². The molecule has 1 unspecified atom stereocenters. The van der Waals surface area contributed by atoms with Crippen LogP contribution in [0.3, 0.4) is 0 Å². The summed E-state index contributed by atoms with van der Waals surface area (Å²) in [7, 11) is -0.991. The maximum Gasteiger partial charge on any atom is 0.551 e. The molecule has 3 N–H and O–H groups in total. The lowest BCUT2D eigenvalue weighted by Gasteiger charge is -2.31. The van der Waals surface area contributed by atoms with Crippen LogP contribution in [0.5, 0.6) is 0 Å². The summed E-state index contributed by atoms with van der Waals surface area (Å²) < 4.78 is 11.5. The molecule has 9 nitrogen and oxygen atoms in total. The topological polar surface area (TPSA) is 127 Å². The van der Waals surface area contributed by atoms with E-state index in [1.807, 2.05) is 51.1 Å². The Labute approximate surface area is 228 Å². The molecule has 5 atom stereocenters. The number of carbonyl (C=O) groups excluding carboxylic acids is 3. The van der Waals surface area contributed by atoms with Crippen LogP contribution in [-0.4, -0.2) is 70.2 Å². The Hall–Kier alpha value is -2.89. The number of aromatic nitrogens is 1. The number of hydrogen-bond donors (Lipinski definition) is 3. The molecule has 38 heavy (non-hydrogen) atoms. The number of nitrogens with one attached hydrogen (secondary N) is 2. The number of aliphatic hydroxyl groups is 1. The fourth-order valence-corrected chi connectivity index (χ4v) is 5.11. The van der Waals surface area contributed by atoms with Gasteiger partial charge < -0.3 is 25.0 Å². The first-order valence-corrected chi connectivity index (χ1v) is 13.8. The van der Waals surface area contributed by atoms with Gasteiger partial charge >= 0.3 is 13.1 Å². The number of pyridine rings is 1. The third-order valence-corrected chi connectivity index (χ3v) is 7.18. The number of benzene rings is 1. The van der Waals surface area contributed by atoms with E-state index in [9.17, 15) is 19.5 Å². The smallest absolute Gasteiger partial charge is 0.507 e. The molecule has 1 fully saturated rings. The zero-order valence-electron chi connectivity index (χ0n) is 22.4. The van der Waals surface area contributed by atoms with Crippen LogP contribution in [0.25, 0.3) is 11.3 Å². The minimum Gasteiger partial charge on any atom is -0.507 e. The van der Waals surface area contributed by atoms with Crippen LogP contribution in [0.1, 0.15) is 51.5 Å². The van der Waals surface area contributed by atoms with E-state index in [0.29, 0.717) is 18.7 Å². The van der Waals surface area contributed by atoms with E-state index >= 15 is 0 Å². The lowest BCUT2D eigenvalue weighted by atomic mass is 9.73. The van der Waals surface area contributed by atoms with Crippen molar-refractivity contribution in [2.75, 3.05) is 6.61 Å². The molecule has 204 valence electrons. The van der Waals surface area contributed by atoms with Crippen LogP contribution < -0.4 is 10.6 Å². The standard InChI is InChI=1S/C27H36BN3O6S/c1-16(2)14-23(28-36-15-17(3)38-19(5)27(35)37-28)30-26(34)24(18(4)32)31-25(33)22-13-9-12-21(29-22)20-10-7-6-8-11-20/h6-13,16-19,23-24,32H,14-15H2,1-5H3,(H,30,34)(H,31,33)/t17-,18+,19-,23-,24?/m0/s1. The number of amides is 2. The van der Waals surface area contributed by atoms with E-state index in [4.69, 9.17) is 9.31 Å². The molecule has 1 aliphatic rings. The first-order valence-electron chi connectivity index (χ1n) is 12.8. The Morgan fingerprint density at radius 1 is 1.11 bits per heavy atom. The zero-order valence-corrected chi connectivity index (χ0v) is 23.2. The van der Waals surface area contributed by atoms with E-state index in [2.05, 4.69) is 15.6 Å². The van der Waals surface area contributed by atoms with E-state index in [0.717, 1.165) is 5.56 Å². The number of aliphatic hydroxyl groups excluding tert-OH is 1. The fraction of sp³-hybridized carbons (Fsp3) is 0.481. The van der Waals surface area contributed by atoms with Crippen molar-refractivity contribution in [1.29, 1.82) is 0 Å². The van der Waals surface area contributed by atoms with Crippen molar-refractivity contribution in [3.63, 3.8) is 0 Å². The molecule has 1 saturated heterocycles. The van der Waals surface area contributed by atoms with Crippen molar-refractivity contribution in [2.45, 2.75) is 69.6 Å². The molecule has 2 heterocycles. The van der Waals surface area contributed by atoms with Gasteiger partial charge in [-0.3, -0.25) is 14.4 Å². The van der Waals surface area contributed by atoms with Crippen LogP contribution >= 0.6 is 11.8 Å². The van der Waals surface area contributed by atoms with E-state index in [1.165, 1.54) is 18.7 Å². The Balaban J connectivity index is 1.76. The van der Waals surface area contributed by atoms with E-state index < -0.39 is 43.0 Å². The van der Waals surface area contributed by atoms with Gasteiger partial charge in [-0.1, -0.05) is 57.2 Å². The average Bonchev–Trinajstić information content (AvgIpc) is 2.88. The van der Waals surface area contributed by atoms with Gasteiger partial charge in [0.05, 0.1) is 23.0 Å². The highest BCUT2D eigenvalue weighted by Crippen LogP contribution is 2.24.